The van der Waals surface area contributed by atoms with Crippen molar-refractivity contribution in [3.8, 4) is 10.6 Å². The molecule has 0 saturated heterocycles. The zero-order chi connectivity index (χ0) is 18.1. The van der Waals surface area contributed by atoms with Crippen LogP contribution in [0.2, 0.25) is 10.2 Å². The van der Waals surface area contributed by atoms with Crippen LogP contribution in [0, 0.1) is 0 Å². The number of hydrogen-bond donors (Lipinski definition) is 1. The lowest BCUT2D eigenvalue weighted by atomic mass is 10.2. The van der Waals surface area contributed by atoms with Gasteiger partial charge in [-0.15, -0.1) is 11.3 Å². The molecular weight excluding hydrogens is 389 g/mol. The van der Waals surface area contributed by atoms with Gasteiger partial charge in [0.05, 0.1) is 20.8 Å². The van der Waals surface area contributed by atoms with Crippen LogP contribution < -0.4 is 5.32 Å². The van der Waals surface area contributed by atoms with Gasteiger partial charge < -0.3 is 5.32 Å². The molecule has 4 aromatic rings. The van der Waals surface area contributed by atoms with Crippen LogP contribution in [-0.4, -0.2) is 15.9 Å². The molecule has 1 N–H and O–H groups in total. The van der Waals surface area contributed by atoms with Crippen LogP contribution in [-0.2, 0) is 0 Å². The lowest BCUT2D eigenvalue weighted by molar-refractivity contribution is 0.102. The molecule has 26 heavy (non-hydrogen) atoms. The quantitative estimate of drug-likeness (QED) is 0.435. The summed E-state index contributed by atoms with van der Waals surface area (Å²) in [6.07, 6.45) is 1.53. The summed E-state index contributed by atoms with van der Waals surface area (Å²) >= 11 is 14.0. The Kier molecular flexibility index (Phi) is 4.59. The average molecular weight is 400 g/mol. The van der Waals surface area contributed by atoms with E-state index in [1.807, 2.05) is 30.3 Å². The molecule has 0 spiro atoms. The molecule has 4 rings (SSSR count). The highest BCUT2D eigenvalue weighted by Crippen LogP contribution is 2.35. The van der Waals surface area contributed by atoms with Crippen LogP contribution >= 0.6 is 34.5 Å². The van der Waals surface area contributed by atoms with Gasteiger partial charge in [0, 0.05) is 17.4 Å². The molecule has 2 aromatic carbocycles. The van der Waals surface area contributed by atoms with Crippen molar-refractivity contribution in [1.82, 2.24) is 9.97 Å². The number of thiazole rings is 1. The lowest BCUT2D eigenvalue weighted by Crippen LogP contribution is -2.12. The number of amides is 1. The topological polar surface area (TPSA) is 54.9 Å². The highest BCUT2D eigenvalue weighted by atomic mass is 35.5. The number of hydrogen-bond acceptors (Lipinski definition) is 4. The first-order chi connectivity index (χ1) is 12.6. The van der Waals surface area contributed by atoms with E-state index in [0.717, 1.165) is 20.8 Å². The van der Waals surface area contributed by atoms with Gasteiger partial charge >= 0.3 is 0 Å². The molecule has 0 radical (unpaired) electrons. The third-order valence-electron chi connectivity index (χ3n) is 3.75. The van der Waals surface area contributed by atoms with Gasteiger partial charge in [0.25, 0.3) is 5.91 Å². The molecule has 128 valence electrons. The van der Waals surface area contributed by atoms with Gasteiger partial charge in [-0.05, 0) is 42.5 Å². The monoisotopic (exact) mass is 399 g/mol. The fourth-order valence-electron chi connectivity index (χ4n) is 2.51. The summed E-state index contributed by atoms with van der Waals surface area (Å²) in [5.74, 6) is -0.341. The number of anilines is 1. The zero-order valence-electron chi connectivity index (χ0n) is 13.2. The third kappa shape index (κ3) is 3.29. The van der Waals surface area contributed by atoms with Gasteiger partial charge in [0.2, 0.25) is 0 Å². The van der Waals surface area contributed by atoms with Gasteiger partial charge in [0.1, 0.15) is 10.2 Å². The minimum Gasteiger partial charge on any atom is -0.322 e. The van der Waals surface area contributed by atoms with Crippen molar-refractivity contribution in [1.29, 1.82) is 0 Å². The molecule has 0 fully saturated rings. The Hall–Kier alpha value is -2.47. The van der Waals surface area contributed by atoms with E-state index < -0.39 is 0 Å². The van der Waals surface area contributed by atoms with Crippen LogP contribution in [0.25, 0.3) is 20.8 Å². The largest absolute Gasteiger partial charge is 0.322 e. The van der Waals surface area contributed by atoms with E-state index in [4.69, 9.17) is 23.2 Å². The van der Waals surface area contributed by atoms with E-state index in [-0.39, 0.29) is 11.1 Å². The Balaban J connectivity index is 1.62. The molecule has 0 atom stereocenters. The summed E-state index contributed by atoms with van der Waals surface area (Å²) in [7, 11) is 0. The number of halogens is 2. The number of benzene rings is 2. The molecule has 1 amide bonds. The number of fused-ring (bicyclic) bond motifs is 1. The third-order valence-corrected chi connectivity index (χ3v) is 5.44. The molecule has 2 aromatic heterocycles. The predicted molar refractivity (Wildman–Crippen MR) is 107 cm³/mol. The van der Waals surface area contributed by atoms with Gasteiger partial charge in [-0.1, -0.05) is 35.3 Å². The number of para-hydroxylation sites is 1. The highest BCUT2D eigenvalue weighted by molar-refractivity contribution is 7.21. The fourth-order valence-corrected chi connectivity index (χ4v) is 4.04. The van der Waals surface area contributed by atoms with Crippen molar-refractivity contribution < 1.29 is 4.79 Å². The fraction of sp³-hybridized carbons (Fsp3) is 0. The first-order valence-corrected chi connectivity index (χ1v) is 9.26. The summed E-state index contributed by atoms with van der Waals surface area (Å²) in [6.45, 7) is 0. The van der Waals surface area contributed by atoms with Crippen LogP contribution in [0.5, 0.6) is 0 Å². The molecule has 0 aliphatic heterocycles. The average Bonchev–Trinajstić information content (AvgIpc) is 3.06. The Morgan fingerprint density at radius 2 is 1.88 bits per heavy atom. The minimum atomic E-state index is -0.341. The number of carbonyl (C=O) groups is 1. The summed E-state index contributed by atoms with van der Waals surface area (Å²) in [5, 5.41) is 4.29. The number of carbonyl (C=O) groups excluding carboxylic acids is 1. The van der Waals surface area contributed by atoms with Crippen molar-refractivity contribution in [2.45, 2.75) is 0 Å². The maximum atomic E-state index is 12.3. The Bertz CT molecular complexity index is 1090. The zero-order valence-corrected chi connectivity index (χ0v) is 15.6. The molecular formula is C19H11Cl2N3OS. The molecule has 2 heterocycles. The Morgan fingerprint density at radius 1 is 1.04 bits per heavy atom. The van der Waals surface area contributed by atoms with Crippen molar-refractivity contribution in [3.05, 3.63) is 76.5 Å². The number of aromatic nitrogens is 2. The number of rotatable bonds is 3. The summed E-state index contributed by atoms with van der Waals surface area (Å²) in [4.78, 5) is 20.8. The van der Waals surface area contributed by atoms with E-state index >= 15 is 0 Å². The van der Waals surface area contributed by atoms with Crippen molar-refractivity contribution in [2.24, 2.45) is 0 Å². The van der Waals surface area contributed by atoms with Crippen molar-refractivity contribution >= 4 is 56.3 Å². The van der Waals surface area contributed by atoms with Gasteiger partial charge in [0.15, 0.2) is 0 Å². The van der Waals surface area contributed by atoms with E-state index in [2.05, 4.69) is 15.3 Å². The molecule has 4 nitrogen and oxygen atoms in total. The summed E-state index contributed by atoms with van der Waals surface area (Å²) in [5.41, 5.74) is 2.64. The second-order valence-corrected chi connectivity index (χ2v) is 7.27. The number of nitrogens with zero attached hydrogens (tertiary/aromatic N) is 2. The van der Waals surface area contributed by atoms with Crippen LogP contribution in [0.4, 0.5) is 5.69 Å². The van der Waals surface area contributed by atoms with Crippen LogP contribution in [0.15, 0.2) is 60.8 Å². The standard InChI is InChI=1S/C19H11Cl2N3OS/c20-14-10-11(23-18(25)13-4-3-9-22-17(13)21)7-8-12(14)19-24-15-5-1-2-6-16(15)26-19/h1-10H,(H,23,25). The number of pyridine rings is 1. The van der Waals surface area contributed by atoms with Gasteiger partial charge in [-0.2, -0.15) is 0 Å². The molecule has 0 unspecified atom stereocenters. The van der Waals surface area contributed by atoms with Gasteiger partial charge in [-0.3, -0.25) is 4.79 Å². The first-order valence-electron chi connectivity index (χ1n) is 7.69. The molecule has 0 aliphatic carbocycles. The van der Waals surface area contributed by atoms with E-state index in [1.165, 1.54) is 6.20 Å². The summed E-state index contributed by atoms with van der Waals surface area (Å²) in [6, 6.07) is 16.5. The minimum absolute atomic E-state index is 0.155. The molecule has 0 saturated carbocycles. The first kappa shape index (κ1) is 17.0. The van der Waals surface area contributed by atoms with Gasteiger partial charge in [-0.25, -0.2) is 9.97 Å². The maximum absolute atomic E-state index is 12.3. The Labute approximate surface area is 163 Å². The smallest absolute Gasteiger partial charge is 0.258 e. The van der Waals surface area contributed by atoms with Crippen molar-refractivity contribution in [2.75, 3.05) is 5.32 Å². The van der Waals surface area contributed by atoms with Crippen molar-refractivity contribution in [3.63, 3.8) is 0 Å². The van der Waals surface area contributed by atoms with Crippen LogP contribution in [0.3, 0.4) is 0 Å². The van der Waals surface area contributed by atoms with Crippen LogP contribution in [0.1, 0.15) is 10.4 Å². The van der Waals surface area contributed by atoms with E-state index in [1.54, 1.807) is 35.6 Å². The summed E-state index contributed by atoms with van der Waals surface area (Å²) < 4.78 is 1.10. The number of nitrogens with one attached hydrogen (secondary N) is 1. The second-order valence-electron chi connectivity index (χ2n) is 5.48. The second kappa shape index (κ2) is 7.03. The molecule has 0 bridgehead atoms. The van der Waals surface area contributed by atoms with E-state index in [0.29, 0.717) is 16.3 Å². The predicted octanol–water partition coefficient (Wildman–Crippen LogP) is 5.92. The SMILES string of the molecule is O=C(Nc1ccc(-c2nc3ccccc3s2)c(Cl)c1)c1cccnc1Cl. The highest BCUT2D eigenvalue weighted by Gasteiger charge is 2.14. The molecule has 0 aliphatic rings. The van der Waals surface area contributed by atoms with E-state index in [9.17, 15) is 4.79 Å². The Morgan fingerprint density at radius 3 is 2.65 bits per heavy atom. The normalized spacial score (nSPS) is 10.8. The molecule has 7 heteroatoms. The maximum Gasteiger partial charge on any atom is 0.258 e. The lowest BCUT2D eigenvalue weighted by Gasteiger charge is -2.08.